The minimum Gasteiger partial charge on any atom is -0.369 e. The molecule has 5 nitrogen and oxygen atoms in total. The average molecular weight is 277 g/mol. The van der Waals surface area contributed by atoms with Gasteiger partial charge in [0.15, 0.2) is 0 Å². The molecule has 2 aromatic heterocycles. The summed E-state index contributed by atoms with van der Waals surface area (Å²) in [7, 11) is 0. The van der Waals surface area contributed by atoms with Crippen LogP contribution in [0.1, 0.15) is 35.5 Å². The molecule has 0 saturated carbocycles. The zero-order valence-electron chi connectivity index (χ0n) is 11.7. The van der Waals surface area contributed by atoms with E-state index in [2.05, 4.69) is 32.5 Å². The summed E-state index contributed by atoms with van der Waals surface area (Å²) in [5.74, 6) is 1.56. The summed E-state index contributed by atoms with van der Waals surface area (Å²) in [4.78, 5) is 14.3. The Morgan fingerprint density at radius 3 is 2.58 bits per heavy atom. The Morgan fingerprint density at radius 1 is 1.21 bits per heavy atom. The molecule has 0 aliphatic carbocycles. The van der Waals surface area contributed by atoms with Crippen LogP contribution in [0.25, 0.3) is 0 Å². The maximum atomic E-state index is 4.46. The molecule has 1 unspecified atom stereocenters. The Balaban J connectivity index is 2.12. The molecule has 0 radical (unpaired) electrons. The highest BCUT2D eigenvalue weighted by Gasteiger charge is 2.13. The van der Waals surface area contributed by atoms with Crippen molar-refractivity contribution in [3.8, 4) is 0 Å². The van der Waals surface area contributed by atoms with Gasteiger partial charge in [0.1, 0.15) is 11.6 Å². The number of rotatable bonds is 5. The van der Waals surface area contributed by atoms with Gasteiger partial charge in [-0.25, -0.2) is 9.97 Å². The fourth-order valence-electron chi connectivity index (χ4n) is 1.94. The summed E-state index contributed by atoms with van der Waals surface area (Å²) in [5, 5.41) is 7.61. The number of nitrogens with zero attached hydrogens (tertiary/aromatic N) is 3. The second-order valence-electron chi connectivity index (χ2n) is 4.37. The van der Waals surface area contributed by atoms with Gasteiger partial charge in [-0.1, -0.05) is 0 Å². The van der Waals surface area contributed by atoms with Crippen molar-refractivity contribution < 1.29 is 0 Å². The van der Waals surface area contributed by atoms with Crippen LogP contribution in [0.4, 0.5) is 11.6 Å². The molecule has 6 heteroatoms. The second-order valence-corrected chi connectivity index (χ2v) is 5.60. The van der Waals surface area contributed by atoms with Crippen LogP contribution in [0, 0.1) is 13.8 Å². The highest BCUT2D eigenvalue weighted by atomic mass is 32.1. The lowest BCUT2D eigenvalue weighted by molar-refractivity contribution is 0.876. The highest BCUT2D eigenvalue weighted by Crippen LogP contribution is 2.26. The molecule has 0 bridgehead atoms. The Labute approximate surface area is 117 Å². The first-order valence-electron chi connectivity index (χ1n) is 6.36. The Bertz CT molecular complexity index is 552. The fraction of sp³-hybridized carbons (Fsp3) is 0.462. The summed E-state index contributed by atoms with van der Waals surface area (Å²) in [6.45, 7) is 9.05. The zero-order valence-corrected chi connectivity index (χ0v) is 12.5. The molecule has 0 fully saturated rings. The molecule has 2 heterocycles. The van der Waals surface area contributed by atoms with Crippen molar-refractivity contribution in [3.63, 3.8) is 0 Å². The molecule has 0 spiro atoms. The quantitative estimate of drug-likeness (QED) is 0.879. The average Bonchev–Trinajstić information content (AvgIpc) is 2.69. The standard InChI is InChI=1S/C13H19N5S/c1-5-15-11-6-14-7-12(18-11)17-9(3)13-8(2)16-10(4)19-13/h6-7,9H,5H2,1-4H3,(H2,15,17,18). The summed E-state index contributed by atoms with van der Waals surface area (Å²) < 4.78 is 0. The monoisotopic (exact) mass is 277 g/mol. The first-order valence-corrected chi connectivity index (χ1v) is 7.18. The van der Waals surface area contributed by atoms with E-state index < -0.39 is 0 Å². The van der Waals surface area contributed by atoms with Crippen LogP contribution in [0.15, 0.2) is 12.4 Å². The highest BCUT2D eigenvalue weighted by molar-refractivity contribution is 7.11. The van der Waals surface area contributed by atoms with E-state index >= 15 is 0 Å². The molecular weight excluding hydrogens is 258 g/mol. The first-order chi connectivity index (χ1) is 9.10. The lowest BCUT2D eigenvalue weighted by Crippen LogP contribution is -2.09. The summed E-state index contributed by atoms with van der Waals surface area (Å²) in [5.41, 5.74) is 1.08. The Hall–Kier alpha value is -1.69. The smallest absolute Gasteiger partial charge is 0.147 e. The van der Waals surface area contributed by atoms with Crippen molar-refractivity contribution in [1.82, 2.24) is 15.0 Å². The Kier molecular flexibility index (Phi) is 4.31. The van der Waals surface area contributed by atoms with Gasteiger partial charge >= 0.3 is 0 Å². The predicted octanol–water partition coefficient (Wildman–Crippen LogP) is 3.15. The molecule has 19 heavy (non-hydrogen) atoms. The number of thiazole rings is 1. The number of hydrogen-bond donors (Lipinski definition) is 2. The van der Waals surface area contributed by atoms with Gasteiger partial charge in [0.25, 0.3) is 0 Å². The minimum absolute atomic E-state index is 0.178. The van der Waals surface area contributed by atoms with Crippen LogP contribution >= 0.6 is 11.3 Å². The van der Waals surface area contributed by atoms with Gasteiger partial charge in [-0.05, 0) is 27.7 Å². The third-order valence-electron chi connectivity index (χ3n) is 2.69. The Morgan fingerprint density at radius 2 is 1.95 bits per heavy atom. The predicted molar refractivity (Wildman–Crippen MR) is 79.8 cm³/mol. The van der Waals surface area contributed by atoms with Crippen molar-refractivity contribution in [2.24, 2.45) is 0 Å². The molecule has 0 aliphatic heterocycles. The van der Waals surface area contributed by atoms with E-state index in [0.717, 1.165) is 28.9 Å². The van der Waals surface area contributed by atoms with E-state index in [4.69, 9.17) is 0 Å². The fourth-order valence-corrected chi connectivity index (χ4v) is 2.87. The lowest BCUT2D eigenvalue weighted by atomic mass is 10.2. The summed E-state index contributed by atoms with van der Waals surface area (Å²) >= 11 is 1.72. The molecule has 1 atom stereocenters. The number of aryl methyl sites for hydroxylation is 2. The maximum Gasteiger partial charge on any atom is 0.147 e. The van der Waals surface area contributed by atoms with Crippen molar-refractivity contribution in [2.75, 3.05) is 17.2 Å². The molecule has 2 aromatic rings. The van der Waals surface area contributed by atoms with E-state index in [9.17, 15) is 0 Å². The molecule has 0 saturated heterocycles. The zero-order chi connectivity index (χ0) is 13.8. The largest absolute Gasteiger partial charge is 0.369 e. The third kappa shape index (κ3) is 3.41. The van der Waals surface area contributed by atoms with E-state index in [1.165, 1.54) is 4.88 Å². The SMILES string of the molecule is CCNc1cncc(NC(C)c2sc(C)nc2C)n1. The van der Waals surface area contributed by atoms with Crippen molar-refractivity contribution in [2.45, 2.75) is 33.7 Å². The minimum atomic E-state index is 0.178. The van der Waals surface area contributed by atoms with Crippen molar-refractivity contribution >= 4 is 23.0 Å². The van der Waals surface area contributed by atoms with Gasteiger partial charge in [-0.2, -0.15) is 0 Å². The van der Waals surface area contributed by atoms with Crippen molar-refractivity contribution in [1.29, 1.82) is 0 Å². The normalized spacial score (nSPS) is 12.2. The van der Waals surface area contributed by atoms with Gasteiger partial charge < -0.3 is 10.6 Å². The molecule has 0 amide bonds. The van der Waals surface area contributed by atoms with Gasteiger partial charge in [0.2, 0.25) is 0 Å². The van der Waals surface area contributed by atoms with Crippen LogP contribution in [0.5, 0.6) is 0 Å². The van der Waals surface area contributed by atoms with Gasteiger partial charge in [0, 0.05) is 11.4 Å². The number of nitrogens with one attached hydrogen (secondary N) is 2. The molecule has 2 rings (SSSR count). The lowest BCUT2D eigenvalue weighted by Gasteiger charge is -2.14. The van der Waals surface area contributed by atoms with E-state index in [1.807, 2.05) is 20.8 Å². The number of anilines is 2. The van der Waals surface area contributed by atoms with E-state index in [1.54, 1.807) is 23.7 Å². The van der Waals surface area contributed by atoms with Crippen LogP contribution in [0.2, 0.25) is 0 Å². The van der Waals surface area contributed by atoms with E-state index in [0.29, 0.717) is 0 Å². The third-order valence-corrected chi connectivity index (χ3v) is 3.95. The second kappa shape index (κ2) is 5.97. The molecular formula is C13H19N5S. The molecule has 102 valence electrons. The van der Waals surface area contributed by atoms with Gasteiger partial charge in [-0.15, -0.1) is 11.3 Å². The molecule has 2 N–H and O–H groups in total. The summed E-state index contributed by atoms with van der Waals surface area (Å²) in [6.07, 6.45) is 3.46. The van der Waals surface area contributed by atoms with Gasteiger partial charge in [-0.3, -0.25) is 4.98 Å². The van der Waals surface area contributed by atoms with E-state index in [-0.39, 0.29) is 6.04 Å². The maximum absolute atomic E-state index is 4.46. The van der Waals surface area contributed by atoms with Gasteiger partial charge in [0.05, 0.1) is 29.1 Å². The van der Waals surface area contributed by atoms with Crippen LogP contribution in [-0.4, -0.2) is 21.5 Å². The summed E-state index contributed by atoms with van der Waals surface area (Å²) in [6, 6.07) is 0.178. The number of aromatic nitrogens is 3. The molecule has 0 aliphatic rings. The van der Waals surface area contributed by atoms with Crippen LogP contribution < -0.4 is 10.6 Å². The first kappa shape index (κ1) is 13.7. The van der Waals surface area contributed by atoms with Crippen LogP contribution in [-0.2, 0) is 0 Å². The topological polar surface area (TPSA) is 62.7 Å². The molecule has 0 aromatic carbocycles. The van der Waals surface area contributed by atoms with Crippen molar-refractivity contribution in [3.05, 3.63) is 28.0 Å². The number of hydrogen-bond acceptors (Lipinski definition) is 6. The van der Waals surface area contributed by atoms with Crippen LogP contribution in [0.3, 0.4) is 0 Å².